The smallest absolute Gasteiger partial charge is 0.263 e. The quantitative estimate of drug-likeness (QED) is 0.513. The molecule has 0 bridgehead atoms. The lowest BCUT2D eigenvalue weighted by atomic mass is 9.99. The minimum Gasteiger partial charge on any atom is -0.281 e. The summed E-state index contributed by atoms with van der Waals surface area (Å²) in [7, 11) is 0. The molecule has 0 fully saturated rings. The summed E-state index contributed by atoms with van der Waals surface area (Å²) in [4.78, 5) is 18.0. The van der Waals surface area contributed by atoms with Gasteiger partial charge in [0, 0.05) is 29.1 Å². The fourth-order valence-corrected chi connectivity index (χ4v) is 3.50. The Bertz CT molecular complexity index is 1390. The highest BCUT2D eigenvalue weighted by Gasteiger charge is 2.17. The minimum absolute atomic E-state index is 0.303. The van der Waals surface area contributed by atoms with Crippen molar-refractivity contribution < 1.29 is 0 Å². The number of pyridine rings is 2. The number of benzene rings is 2. The van der Waals surface area contributed by atoms with E-state index in [1.165, 1.54) is 4.57 Å². The van der Waals surface area contributed by atoms with Gasteiger partial charge in [-0.25, -0.2) is 0 Å². The molecule has 0 aliphatic heterocycles. The first kappa shape index (κ1) is 18.9. The summed E-state index contributed by atoms with van der Waals surface area (Å²) in [6.45, 7) is 1.86. The molecule has 2 aromatic carbocycles. The maximum atomic E-state index is 13.6. The predicted octanol–water partition coefficient (Wildman–Crippen LogP) is 4.62. The van der Waals surface area contributed by atoms with Gasteiger partial charge in [0.15, 0.2) is 0 Å². The van der Waals surface area contributed by atoms with Crippen LogP contribution in [0.5, 0.6) is 0 Å². The molecule has 0 atom stereocenters. The molecule has 0 saturated heterocycles. The number of rotatable bonds is 3. The van der Waals surface area contributed by atoms with E-state index in [1.54, 1.807) is 54.9 Å². The highest BCUT2D eigenvalue weighted by Crippen LogP contribution is 2.27. The summed E-state index contributed by atoms with van der Waals surface area (Å²) in [5, 5.41) is 19.2. The number of nitriles is 2. The summed E-state index contributed by atoms with van der Waals surface area (Å²) in [6, 6.07) is 24.0. The average Bonchev–Trinajstić information content (AvgIpc) is 2.80. The summed E-state index contributed by atoms with van der Waals surface area (Å²) >= 11 is 0. The molecule has 5 heteroatoms. The van der Waals surface area contributed by atoms with Gasteiger partial charge in [-0.15, -0.1) is 0 Å². The minimum atomic E-state index is -0.303. The van der Waals surface area contributed by atoms with Crippen LogP contribution in [0.2, 0.25) is 0 Å². The molecule has 4 aromatic rings. The van der Waals surface area contributed by atoms with E-state index in [4.69, 9.17) is 0 Å². The van der Waals surface area contributed by atoms with Gasteiger partial charge in [-0.1, -0.05) is 36.4 Å². The van der Waals surface area contributed by atoms with Crippen molar-refractivity contribution in [2.45, 2.75) is 6.92 Å². The third kappa shape index (κ3) is 3.26. The highest BCUT2D eigenvalue weighted by atomic mass is 16.1. The molecule has 0 saturated carbocycles. The summed E-state index contributed by atoms with van der Waals surface area (Å²) in [5.74, 6) is 0. The fraction of sp³-hybridized carbons (Fsp3) is 0.0400. The molecule has 0 amide bonds. The summed E-state index contributed by atoms with van der Waals surface area (Å²) < 4.78 is 1.49. The first-order chi connectivity index (χ1) is 14.6. The van der Waals surface area contributed by atoms with E-state index >= 15 is 0 Å². The molecule has 2 aromatic heterocycles. The van der Waals surface area contributed by atoms with E-state index in [0.717, 1.165) is 5.56 Å². The molecular weight excluding hydrogens is 372 g/mol. The van der Waals surface area contributed by atoms with Crippen LogP contribution in [0.1, 0.15) is 16.7 Å². The van der Waals surface area contributed by atoms with Crippen LogP contribution < -0.4 is 5.56 Å². The molecule has 142 valence electrons. The van der Waals surface area contributed by atoms with Crippen LogP contribution >= 0.6 is 0 Å². The van der Waals surface area contributed by atoms with Crippen LogP contribution in [0.25, 0.3) is 28.1 Å². The predicted molar refractivity (Wildman–Crippen MR) is 115 cm³/mol. The number of aryl methyl sites for hydroxylation is 1. The van der Waals surface area contributed by atoms with Crippen LogP contribution in [-0.4, -0.2) is 9.55 Å². The lowest BCUT2D eigenvalue weighted by Crippen LogP contribution is -2.22. The Kier molecular flexibility index (Phi) is 4.95. The molecular formula is C25H16N4O. The van der Waals surface area contributed by atoms with Crippen molar-refractivity contribution in [2.75, 3.05) is 0 Å². The molecule has 0 N–H and O–H groups in total. The second-order valence-electron chi connectivity index (χ2n) is 6.77. The van der Waals surface area contributed by atoms with Gasteiger partial charge in [0.2, 0.25) is 0 Å². The molecule has 0 unspecified atom stereocenters. The van der Waals surface area contributed by atoms with Crippen LogP contribution in [-0.2, 0) is 0 Å². The third-order valence-electron chi connectivity index (χ3n) is 4.91. The molecule has 5 nitrogen and oxygen atoms in total. The van der Waals surface area contributed by atoms with E-state index in [0.29, 0.717) is 39.2 Å². The summed E-state index contributed by atoms with van der Waals surface area (Å²) in [6.07, 6.45) is 3.38. The van der Waals surface area contributed by atoms with Crippen LogP contribution in [0.3, 0.4) is 0 Å². The molecule has 0 aliphatic carbocycles. The van der Waals surface area contributed by atoms with E-state index in [1.807, 2.05) is 31.2 Å². The van der Waals surface area contributed by atoms with Crippen molar-refractivity contribution in [3.8, 4) is 40.2 Å². The second-order valence-corrected chi connectivity index (χ2v) is 6.77. The molecule has 2 heterocycles. The zero-order valence-corrected chi connectivity index (χ0v) is 16.2. The summed E-state index contributed by atoms with van der Waals surface area (Å²) in [5.41, 5.74) is 4.15. The van der Waals surface area contributed by atoms with Crippen molar-refractivity contribution in [3.05, 3.63) is 106 Å². The normalized spacial score (nSPS) is 10.2. The fourth-order valence-electron chi connectivity index (χ4n) is 3.50. The number of hydrogen-bond acceptors (Lipinski definition) is 4. The topological polar surface area (TPSA) is 82.5 Å². The highest BCUT2D eigenvalue weighted by molar-refractivity contribution is 5.75. The van der Waals surface area contributed by atoms with Gasteiger partial charge in [0.25, 0.3) is 5.56 Å². The molecule has 0 radical (unpaired) electrons. The first-order valence-electron chi connectivity index (χ1n) is 9.31. The zero-order chi connectivity index (χ0) is 21.1. The lowest BCUT2D eigenvalue weighted by molar-refractivity contribution is 0.975. The van der Waals surface area contributed by atoms with Gasteiger partial charge in [-0.2, -0.15) is 10.5 Å². The monoisotopic (exact) mass is 388 g/mol. The Morgan fingerprint density at radius 2 is 1.60 bits per heavy atom. The standard InChI is InChI=1S/C25H16N4O/c1-17-7-6-9-19(15-27)24(17)29-16-20(23-11-4-5-12-28-23)13-22(25(29)30)21-10-3-2-8-18(21)14-26/h2-13,16H,1H3. The Morgan fingerprint density at radius 3 is 2.33 bits per heavy atom. The van der Waals surface area contributed by atoms with E-state index in [-0.39, 0.29) is 5.56 Å². The number of aromatic nitrogens is 2. The number of hydrogen-bond donors (Lipinski definition) is 0. The number of nitrogens with zero attached hydrogens (tertiary/aromatic N) is 4. The van der Waals surface area contributed by atoms with Crippen LogP contribution in [0.4, 0.5) is 0 Å². The molecule has 0 aliphatic rings. The third-order valence-corrected chi connectivity index (χ3v) is 4.91. The van der Waals surface area contributed by atoms with Gasteiger partial charge in [-0.05, 0) is 42.8 Å². The Balaban J connectivity index is 2.12. The Morgan fingerprint density at radius 1 is 0.867 bits per heavy atom. The maximum Gasteiger partial charge on any atom is 0.263 e. The van der Waals surface area contributed by atoms with Crippen molar-refractivity contribution in [3.63, 3.8) is 0 Å². The molecule has 4 rings (SSSR count). The maximum absolute atomic E-state index is 13.6. The van der Waals surface area contributed by atoms with Crippen LogP contribution in [0.15, 0.2) is 83.9 Å². The van der Waals surface area contributed by atoms with E-state index < -0.39 is 0 Å². The molecule has 0 spiro atoms. The zero-order valence-electron chi connectivity index (χ0n) is 16.2. The van der Waals surface area contributed by atoms with Gasteiger partial charge < -0.3 is 0 Å². The van der Waals surface area contributed by atoms with Crippen molar-refractivity contribution in [2.24, 2.45) is 0 Å². The van der Waals surface area contributed by atoms with Gasteiger partial charge in [-0.3, -0.25) is 14.3 Å². The van der Waals surface area contributed by atoms with Gasteiger partial charge in [0.05, 0.1) is 28.6 Å². The van der Waals surface area contributed by atoms with Crippen molar-refractivity contribution >= 4 is 0 Å². The Hall–Kier alpha value is -4.48. The largest absolute Gasteiger partial charge is 0.281 e. The Labute approximate surface area is 173 Å². The number of para-hydroxylation sites is 1. The lowest BCUT2D eigenvalue weighted by Gasteiger charge is -2.15. The second kappa shape index (κ2) is 7.87. The SMILES string of the molecule is Cc1cccc(C#N)c1-n1cc(-c2ccccn2)cc(-c2ccccc2C#N)c1=O. The average molecular weight is 388 g/mol. The molecule has 30 heavy (non-hydrogen) atoms. The van der Waals surface area contributed by atoms with Crippen LogP contribution in [0, 0.1) is 29.6 Å². The van der Waals surface area contributed by atoms with Gasteiger partial charge in [0.1, 0.15) is 6.07 Å². The van der Waals surface area contributed by atoms with Crippen molar-refractivity contribution in [1.82, 2.24) is 9.55 Å². The van der Waals surface area contributed by atoms with E-state index in [2.05, 4.69) is 17.1 Å². The first-order valence-corrected chi connectivity index (χ1v) is 9.31. The van der Waals surface area contributed by atoms with Gasteiger partial charge >= 0.3 is 0 Å². The van der Waals surface area contributed by atoms with E-state index in [9.17, 15) is 15.3 Å². The van der Waals surface area contributed by atoms with Crippen molar-refractivity contribution in [1.29, 1.82) is 10.5 Å².